The number of ketones is 1. The van der Waals surface area contributed by atoms with Gasteiger partial charge < -0.3 is 10.1 Å². The van der Waals surface area contributed by atoms with Gasteiger partial charge in [-0.25, -0.2) is 4.79 Å². The number of hydrogen-bond donors (Lipinski definition) is 1. The first-order valence-corrected chi connectivity index (χ1v) is 10.1. The molecule has 1 amide bonds. The van der Waals surface area contributed by atoms with Crippen LogP contribution in [-0.4, -0.2) is 30.8 Å². The Labute approximate surface area is 182 Å². The van der Waals surface area contributed by atoms with Crippen LogP contribution < -0.4 is 5.32 Å². The van der Waals surface area contributed by atoms with E-state index in [4.69, 9.17) is 4.74 Å². The lowest BCUT2D eigenvalue weighted by molar-refractivity contribution is -0.124. The molecule has 3 rings (SSSR count). The molecule has 0 radical (unpaired) electrons. The van der Waals surface area contributed by atoms with E-state index in [-0.39, 0.29) is 22.8 Å². The molecule has 0 fully saturated rings. The van der Waals surface area contributed by atoms with Gasteiger partial charge in [-0.05, 0) is 24.5 Å². The van der Waals surface area contributed by atoms with Crippen LogP contribution in [0.3, 0.4) is 0 Å². The maximum absolute atomic E-state index is 12.8. The van der Waals surface area contributed by atoms with Gasteiger partial charge in [-0.1, -0.05) is 85.3 Å². The average Bonchev–Trinajstić information content (AvgIpc) is 2.81. The summed E-state index contributed by atoms with van der Waals surface area (Å²) in [6, 6.07) is 23.4. The fourth-order valence-electron chi connectivity index (χ4n) is 3.15. The summed E-state index contributed by atoms with van der Waals surface area (Å²) in [7, 11) is 0. The Morgan fingerprint density at radius 1 is 0.839 bits per heavy atom. The van der Waals surface area contributed by atoms with E-state index >= 15 is 0 Å². The van der Waals surface area contributed by atoms with Gasteiger partial charge in [0.15, 0.2) is 12.4 Å². The predicted octanol–water partition coefficient (Wildman–Crippen LogP) is 4.30. The lowest BCUT2D eigenvalue weighted by atomic mass is 9.98. The molecular formula is C26H25NO4. The minimum atomic E-state index is -0.706. The average molecular weight is 415 g/mol. The molecule has 1 atom stereocenters. The Balaban J connectivity index is 1.59. The third-order valence-electron chi connectivity index (χ3n) is 5.01. The number of esters is 1. The number of carbonyl (C=O) groups excluding carboxylic acids is 3. The van der Waals surface area contributed by atoms with Crippen LogP contribution in [0.5, 0.6) is 0 Å². The number of hydrogen-bond acceptors (Lipinski definition) is 4. The van der Waals surface area contributed by atoms with Crippen LogP contribution in [0.15, 0.2) is 78.9 Å². The van der Waals surface area contributed by atoms with Crippen molar-refractivity contribution >= 4 is 17.7 Å². The smallest absolute Gasteiger partial charge is 0.339 e. The highest BCUT2D eigenvalue weighted by Gasteiger charge is 2.20. The van der Waals surface area contributed by atoms with Gasteiger partial charge in [-0.2, -0.15) is 0 Å². The Hall–Kier alpha value is -3.73. The van der Waals surface area contributed by atoms with Crippen molar-refractivity contribution < 1.29 is 19.1 Å². The van der Waals surface area contributed by atoms with Crippen molar-refractivity contribution in [1.29, 1.82) is 0 Å². The van der Waals surface area contributed by atoms with Crippen LogP contribution in [-0.2, 0) is 9.53 Å². The molecular weight excluding hydrogens is 390 g/mol. The summed E-state index contributed by atoms with van der Waals surface area (Å²) in [5, 5.41) is 2.77. The van der Waals surface area contributed by atoms with Gasteiger partial charge in [-0.15, -0.1) is 0 Å². The molecule has 0 aliphatic carbocycles. The summed E-state index contributed by atoms with van der Waals surface area (Å²) in [5.41, 5.74) is 3.02. The number of nitrogens with one attached hydrogen (secondary N) is 1. The zero-order valence-electron chi connectivity index (χ0n) is 17.6. The molecule has 3 aromatic carbocycles. The number of rotatable bonds is 8. The van der Waals surface area contributed by atoms with Crippen molar-refractivity contribution in [2.45, 2.75) is 19.8 Å². The molecule has 0 spiro atoms. The maximum Gasteiger partial charge on any atom is 0.339 e. The predicted molar refractivity (Wildman–Crippen MR) is 119 cm³/mol. The van der Waals surface area contributed by atoms with Gasteiger partial charge in [0.2, 0.25) is 0 Å². The van der Waals surface area contributed by atoms with E-state index in [1.807, 2.05) is 56.3 Å². The molecule has 0 saturated heterocycles. The van der Waals surface area contributed by atoms with Crippen molar-refractivity contribution in [3.63, 3.8) is 0 Å². The standard InChI is InChI=1S/C26H25NO4/c1-18-12-14-21(15-13-18)25(29)22-10-6-7-11-23(22)26(30)31-17-24(28)27-16-19(2)20-8-4-3-5-9-20/h3-15,19H,16-17H2,1-2H3,(H,27,28)/t19-/m0/s1. The van der Waals surface area contributed by atoms with Crippen LogP contribution in [0.4, 0.5) is 0 Å². The molecule has 0 unspecified atom stereocenters. The van der Waals surface area contributed by atoms with Crippen molar-refractivity contribution in [3.8, 4) is 0 Å². The molecule has 0 heterocycles. The third kappa shape index (κ3) is 5.89. The fourth-order valence-corrected chi connectivity index (χ4v) is 3.15. The second kappa shape index (κ2) is 10.3. The third-order valence-corrected chi connectivity index (χ3v) is 5.01. The molecule has 0 aliphatic rings. The van der Waals surface area contributed by atoms with E-state index in [0.29, 0.717) is 12.1 Å². The van der Waals surface area contributed by atoms with Crippen LogP contribution in [0.1, 0.15) is 50.2 Å². The van der Waals surface area contributed by atoms with Crippen LogP contribution in [0.25, 0.3) is 0 Å². The minimum absolute atomic E-state index is 0.133. The summed E-state index contributed by atoms with van der Waals surface area (Å²) < 4.78 is 5.17. The first-order chi connectivity index (χ1) is 15.0. The highest BCUT2D eigenvalue weighted by Crippen LogP contribution is 2.17. The monoisotopic (exact) mass is 415 g/mol. The second-order valence-electron chi connectivity index (χ2n) is 7.43. The minimum Gasteiger partial charge on any atom is -0.452 e. The van der Waals surface area contributed by atoms with Gasteiger partial charge in [0.1, 0.15) is 0 Å². The number of benzene rings is 3. The molecule has 5 nitrogen and oxygen atoms in total. The molecule has 5 heteroatoms. The number of amides is 1. The molecule has 0 bridgehead atoms. The quantitative estimate of drug-likeness (QED) is 0.440. The van der Waals surface area contributed by atoms with Crippen LogP contribution in [0.2, 0.25) is 0 Å². The van der Waals surface area contributed by atoms with E-state index in [0.717, 1.165) is 11.1 Å². The SMILES string of the molecule is Cc1ccc(C(=O)c2ccccc2C(=O)OCC(=O)NC[C@H](C)c2ccccc2)cc1. The van der Waals surface area contributed by atoms with E-state index in [1.165, 1.54) is 6.07 Å². The van der Waals surface area contributed by atoms with Gasteiger partial charge in [-0.3, -0.25) is 9.59 Å². The number of aryl methyl sites for hydroxylation is 1. The normalized spacial score (nSPS) is 11.4. The van der Waals surface area contributed by atoms with Gasteiger partial charge in [0, 0.05) is 17.7 Å². The Bertz CT molecular complexity index is 1060. The highest BCUT2D eigenvalue weighted by molar-refractivity contribution is 6.14. The van der Waals surface area contributed by atoms with E-state index < -0.39 is 18.5 Å². The second-order valence-corrected chi connectivity index (χ2v) is 7.43. The summed E-state index contributed by atoms with van der Waals surface area (Å²) in [6.45, 7) is 3.97. The largest absolute Gasteiger partial charge is 0.452 e. The number of carbonyl (C=O) groups is 3. The molecule has 0 saturated carbocycles. The summed E-state index contributed by atoms with van der Waals surface area (Å²) in [4.78, 5) is 37.5. The summed E-state index contributed by atoms with van der Waals surface area (Å²) in [5.74, 6) is -1.23. The Kier molecular flexibility index (Phi) is 7.33. The molecule has 0 aromatic heterocycles. The topological polar surface area (TPSA) is 72.5 Å². The van der Waals surface area contributed by atoms with Gasteiger partial charge in [0.25, 0.3) is 5.91 Å². The van der Waals surface area contributed by atoms with Crippen molar-refractivity contribution in [2.24, 2.45) is 0 Å². The summed E-state index contributed by atoms with van der Waals surface area (Å²) >= 11 is 0. The molecule has 0 aliphatic heterocycles. The lowest BCUT2D eigenvalue weighted by Gasteiger charge is -2.13. The van der Waals surface area contributed by atoms with Crippen LogP contribution >= 0.6 is 0 Å². The van der Waals surface area contributed by atoms with E-state index in [9.17, 15) is 14.4 Å². The van der Waals surface area contributed by atoms with Gasteiger partial charge >= 0.3 is 5.97 Å². The summed E-state index contributed by atoms with van der Waals surface area (Å²) in [6.07, 6.45) is 0. The zero-order chi connectivity index (χ0) is 22.2. The molecule has 158 valence electrons. The van der Waals surface area contributed by atoms with Crippen molar-refractivity contribution in [2.75, 3.05) is 13.2 Å². The molecule has 1 N–H and O–H groups in total. The fraction of sp³-hybridized carbons (Fsp3) is 0.192. The van der Waals surface area contributed by atoms with E-state index in [1.54, 1.807) is 30.3 Å². The molecule has 31 heavy (non-hydrogen) atoms. The lowest BCUT2D eigenvalue weighted by Crippen LogP contribution is -2.31. The van der Waals surface area contributed by atoms with E-state index in [2.05, 4.69) is 5.32 Å². The first kappa shape index (κ1) is 22.0. The zero-order valence-corrected chi connectivity index (χ0v) is 17.6. The Morgan fingerprint density at radius 3 is 2.13 bits per heavy atom. The number of ether oxygens (including phenoxy) is 1. The molecule has 3 aromatic rings. The van der Waals surface area contributed by atoms with Crippen molar-refractivity contribution in [3.05, 3.63) is 107 Å². The van der Waals surface area contributed by atoms with Crippen molar-refractivity contribution in [1.82, 2.24) is 5.32 Å². The van der Waals surface area contributed by atoms with Gasteiger partial charge in [0.05, 0.1) is 5.56 Å². The maximum atomic E-state index is 12.8. The first-order valence-electron chi connectivity index (χ1n) is 10.1. The Morgan fingerprint density at radius 2 is 1.45 bits per heavy atom. The van der Waals surface area contributed by atoms with Crippen LogP contribution in [0, 0.1) is 6.92 Å². The highest BCUT2D eigenvalue weighted by atomic mass is 16.5.